The van der Waals surface area contributed by atoms with Crippen LogP contribution in [0.15, 0.2) is 36.8 Å². The summed E-state index contributed by atoms with van der Waals surface area (Å²) in [4.78, 5) is 24.7. The first-order chi connectivity index (χ1) is 19.8. The summed E-state index contributed by atoms with van der Waals surface area (Å²) in [5.41, 5.74) is 6.46. The number of pyridine rings is 3. The van der Waals surface area contributed by atoms with Crippen LogP contribution in [0.1, 0.15) is 50.9 Å². The Morgan fingerprint density at radius 3 is 2.59 bits per heavy atom. The summed E-state index contributed by atoms with van der Waals surface area (Å²) in [5, 5.41) is 5.79. The highest BCUT2D eigenvalue weighted by Crippen LogP contribution is 2.35. The molecule has 0 amide bonds. The molecule has 1 aliphatic heterocycles. The van der Waals surface area contributed by atoms with E-state index in [9.17, 15) is 0 Å². The molecule has 6 heterocycles. The summed E-state index contributed by atoms with van der Waals surface area (Å²) in [6.07, 6.45) is 8.08. The van der Waals surface area contributed by atoms with Crippen molar-refractivity contribution in [1.82, 2.24) is 39.2 Å². The van der Waals surface area contributed by atoms with Crippen molar-refractivity contribution in [2.75, 3.05) is 31.6 Å². The van der Waals surface area contributed by atoms with Gasteiger partial charge >= 0.3 is 0 Å². The summed E-state index contributed by atoms with van der Waals surface area (Å²) in [6, 6.07) is 7.22. The molecule has 5 aromatic heterocycles. The van der Waals surface area contributed by atoms with Gasteiger partial charge in [0.25, 0.3) is 0 Å². The molecule has 7 rings (SSSR count). The Kier molecular flexibility index (Phi) is 6.19. The molecule has 0 N–H and O–H groups in total. The predicted octanol–water partition coefficient (Wildman–Crippen LogP) is 4.88. The SMILES string of the molecule is COc1ccncc1-c1cc2c(cnn2-c2cc3c(nc(N4CCN(C5CC5)C[C@@H]4C)n3C)c(C(C)C)n2)c(C)n1. The lowest BCUT2D eigenvalue weighted by Gasteiger charge is -2.40. The lowest BCUT2D eigenvalue weighted by Crippen LogP contribution is -2.53. The van der Waals surface area contributed by atoms with Crippen LogP contribution < -0.4 is 9.64 Å². The van der Waals surface area contributed by atoms with Crippen LogP contribution in [0.4, 0.5) is 5.95 Å². The number of fused-ring (bicyclic) bond motifs is 2. The van der Waals surface area contributed by atoms with Crippen LogP contribution in [0.5, 0.6) is 5.75 Å². The zero-order chi connectivity index (χ0) is 28.4. The van der Waals surface area contributed by atoms with E-state index in [1.54, 1.807) is 19.5 Å². The van der Waals surface area contributed by atoms with E-state index < -0.39 is 0 Å². The highest BCUT2D eigenvalue weighted by atomic mass is 16.5. The lowest BCUT2D eigenvalue weighted by molar-refractivity contribution is 0.218. The molecule has 2 aliphatic rings. The number of hydrogen-bond donors (Lipinski definition) is 0. The summed E-state index contributed by atoms with van der Waals surface area (Å²) in [6.45, 7) is 11.9. The summed E-state index contributed by atoms with van der Waals surface area (Å²) in [7, 11) is 3.79. The maximum Gasteiger partial charge on any atom is 0.206 e. The van der Waals surface area contributed by atoms with E-state index in [0.29, 0.717) is 6.04 Å². The largest absolute Gasteiger partial charge is 0.496 e. The maximum absolute atomic E-state index is 5.60. The van der Waals surface area contributed by atoms with Crippen molar-refractivity contribution < 1.29 is 4.74 Å². The van der Waals surface area contributed by atoms with Gasteiger partial charge in [-0.3, -0.25) is 14.9 Å². The summed E-state index contributed by atoms with van der Waals surface area (Å²) < 4.78 is 9.76. The van der Waals surface area contributed by atoms with Gasteiger partial charge in [0.05, 0.1) is 41.3 Å². The van der Waals surface area contributed by atoms with E-state index in [1.165, 1.54) is 12.8 Å². The Morgan fingerprint density at radius 2 is 1.85 bits per heavy atom. The molecule has 0 aromatic carbocycles. The number of imidazole rings is 1. The number of aromatic nitrogens is 7. The number of ether oxygens (including phenoxy) is 1. The minimum atomic E-state index is 0.199. The van der Waals surface area contributed by atoms with Gasteiger partial charge in [-0.15, -0.1) is 0 Å². The minimum Gasteiger partial charge on any atom is -0.496 e. The Bertz CT molecular complexity index is 1770. The quantitative estimate of drug-likeness (QED) is 0.295. The number of nitrogens with zero attached hydrogens (tertiary/aromatic N) is 9. The van der Waals surface area contributed by atoms with Crippen molar-refractivity contribution in [3.8, 4) is 22.8 Å². The van der Waals surface area contributed by atoms with Crippen LogP contribution in [-0.2, 0) is 7.05 Å². The van der Waals surface area contributed by atoms with Gasteiger partial charge in [-0.05, 0) is 44.7 Å². The number of aryl methyl sites for hydroxylation is 2. The number of methoxy groups -OCH3 is 1. The fraction of sp³-hybridized carbons (Fsp3) is 0.452. The Labute approximate surface area is 240 Å². The molecular weight excluding hydrogens is 514 g/mol. The van der Waals surface area contributed by atoms with Crippen molar-refractivity contribution in [2.45, 2.75) is 58.5 Å². The molecule has 212 valence electrons. The van der Waals surface area contributed by atoms with Crippen LogP contribution in [0.2, 0.25) is 0 Å². The maximum atomic E-state index is 5.60. The van der Waals surface area contributed by atoms with Gasteiger partial charge in [-0.2, -0.15) is 5.10 Å². The van der Waals surface area contributed by atoms with E-state index in [2.05, 4.69) is 53.2 Å². The first kappa shape index (κ1) is 25.9. The third-order valence-corrected chi connectivity index (χ3v) is 8.64. The fourth-order valence-electron chi connectivity index (χ4n) is 6.26. The molecule has 1 atom stereocenters. The molecule has 1 saturated carbocycles. The first-order valence-corrected chi connectivity index (χ1v) is 14.6. The second-order valence-corrected chi connectivity index (χ2v) is 11.8. The van der Waals surface area contributed by atoms with Crippen LogP contribution >= 0.6 is 0 Å². The van der Waals surface area contributed by atoms with Gasteiger partial charge in [-0.1, -0.05) is 13.8 Å². The van der Waals surface area contributed by atoms with E-state index in [0.717, 1.165) is 87.8 Å². The van der Waals surface area contributed by atoms with Gasteiger partial charge in [-0.25, -0.2) is 14.6 Å². The summed E-state index contributed by atoms with van der Waals surface area (Å²) >= 11 is 0. The summed E-state index contributed by atoms with van der Waals surface area (Å²) in [5.74, 6) is 2.71. The molecule has 0 bridgehead atoms. The standard InChI is InChI=1S/C31H37N9O/c1-18(2)29-30-26(37(5)31(36-30)39-12-11-38(17-19(39)3)21-7-8-21)14-28(35-29)40-25-13-24(34-20(4)22(25)16-33-40)23-15-32-10-9-27(23)41-6/h9-10,13-16,18-19,21H,7-8,11-12,17H2,1-6H3/t19-/m0/s1. The second kappa shape index (κ2) is 9.80. The van der Waals surface area contributed by atoms with Gasteiger partial charge in [0.1, 0.15) is 11.3 Å². The number of hydrogen-bond acceptors (Lipinski definition) is 8. The molecule has 1 saturated heterocycles. The molecular formula is C31H37N9O. The highest BCUT2D eigenvalue weighted by Gasteiger charge is 2.35. The Balaban J connectivity index is 1.35. The molecule has 0 unspecified atom stereocenters. The third-order valence-electron chi connectivity index (χ3n) is 8.64. The number of rotatable bonds is 6. The predicted molar refractivity (Wildman–Crippen MR) is 161 cm³/mol. The van der Waals surface area contributed by atoms with E-state index >= 15 is 0 Å². The topological polar surface area (TPSA) is 90.0 Å². The Morgan fingerprint density at radius 1 is 1.02 bits per heavy atom. The zero-order valence-electron chi connectivity index (χ0n) is 24.7. The second-order valence-electron chi connectivity index (χ2n) is 11.8. The molecule has 0 spiro atoms. The van der Waals surface area contributed by atoms with Crippen molar-refractivity contribution in [3.63, 3.8) is 0 Å². The molecule has 1 aliphatic carbocycles. The molecule has 41 heavy (non-hydrogen) atoms. The lowest BCUT2D eigenvalue weighted by atomic mass is 10.1. The van der Waals surface area contributed by atoms with E-state index in [-0.39, 0.29) is 5.92 Å². The van der Waals surface area contributed by atoms with Crippen molar-refractivity contribution >= 4 is 27.9 Å². The van der Waals surface area contributed by atoms with Crippen LogP contribution in [-0.4, -0.2) is 78.0 Å². The first-order valence-electron chi connectivity index (χ1n) is 14.6. The zero-order valence-corrected chi connectivity index (χ0v) is 24.7. The van der Waals surface area contributed by atoms with Crippen molar-refractivity contribution in [1.29, 1.82) is 0 Å². The Hall–Kier alpha value is -4.05. The average molecular weight is 552 g/mol. The van der Waals surface area contributed by atoms with Crippen molar-refractivity contribution in [2.24, 2.45) is 7.05 Å². The van der Waals surface area contributed by atoms with Gasteiger partial charge in [0.15, 0.2) is 5.82 Å². The van der Waals surface area contributed by atoms with Gasteiger partial charge < -0.3 is 14.2 Å². The van der Waals surface area contributed by atoms with Crippen LogP contribution in [0.3, 0.4) is 0 Å². The monoisotopic (exact) mass is 551 g/mol. The smallest absolute Gasteiger partial charge is 0.206 e. The normalized spacial score (nSPS) is 18.2. The molecule has 10 nitrogen and oxygen atoms in total. The van der Waals surface area contributed by atoms with Gasteiger partial charge in [0.2, 0.25) is 5.95 Å². The molecule has 10 heteroatoms. The van der Waals surface area contributed by atoms with Crippen molar-refractivity contribution in [3.05, 3.63) is 48.2 Å². The number of anilines is 1. The third kappa shape index (κ3) is 4.32. The fourth-order valence-corrected chi connectivity index (χ4v) is 6.26. The molecule has 2 fully saturated rings. The van der Waals surface area contributed by atoms with Gasteiger partial charge in [0, 0.05) is 68.3 Å². The van der Waals surface area contributed by atoms with Crippen LogP contribution in [0, 0.1) is 6.92 Å². The highest BCUT2D eigenvalue weighted by molar-refractivity contribution is 5.88. The van der Waals surface area contributed by atoms with E-state index in [4.69, 9.17) is 24.8 Å². The van der Waals surface area contributed by atoms with Crippen LogP contribution in [0.25, 0.3) is 39.0 Å². The van der Waals surface area contributed by atoms with E-state index in [1.807, 2.05) is 29.9 Å². The number of piperazine rings is 1. The minimum absolute atomic E-state index is 0.199. The molecule has 0 radical (unpaired) electrons. The average Bonchev–Trinajstić information content (AvgIpc) is 3.66. The molecule has 5 aromatic rings.